The zero-order chi connectivity index (χ0) is 17.9. The zero-order valence-corrected chi connectivity index (χ0v) is 15.8. The summed E-state index contributed by atoms with van der Waals surface area (Å²) in [5, 5.41) is 13.5. The Kier molecular flexibility index (Phi) is 6.00. The number of β-amino-alcohol motifs (C(OH)–C–C–N with tert-alkyl or cyclic N) is 1. The van der Waals surface area contributed by atoms with E-state index < -0.39 is 0 Å². The van der Waals surface area contributed by atoms with E-state index in [0.717, 1.165) is 44.6 Å². The molecule has 3 rings (SSSR count). The SMILES string of the molecule is COCC(O)CN1CCC(NCc2ccc3c(c2)CC(C)(C)O3)CC1. The Labute approximate surface area is 151 Å². The fourth-order valence-corrected chi connectivity index (χ4v) is 3.90. The first-order chi connectivity index (χ1) is 11.9. The number of fused-ring (bicyclic) bond motifs is 1. The molecule has 25 heavy (non-hydrogen) atoms. The Morgan fingerprint density at radius 2 is 2.12 bits per heavy atom. The lowest BCUT2D eigenvalue weighted by Crippen LogP contribution is -2.45. The Balaban J connectivity index is 1.42. The van der Waals surface area contributed by atoms with Crippen molar-refractivity contribution in [3.05, 3.63) is 29.3 Å². The molecule has 2 N–H and O–H groups in total. The van der Waals surface area contributed by atoms with Gasteiger partial charge in [-0.3, -0.25) is 0 Å². The first-order valence-corrected chi connectivity index (χ1v) is 9.39. The Bertz CT molecular complexity index is 568. The smallest absolute Gasteiger partial charge is 0.123 e. The van der Waals surface area contributed by atoms with Crippen LogP contribution in [-0.2, 0) is 17.7 Å². The molecule has 1 unspecified atom stereocenters. The molecule has 1 atom stereocenters. The summed E-state index contributed by atoms with van der Waals surface area (Å²) in [6.07, 6.45) is 2.85. The lowest BCUT2D eigenvalue weighted by molar-refractivity contribution is 0.0310. The van der Waals surface area contributed by atoms with Crippen LogP contribution in [0.4, 0.5) is 0 Å². The number of methoxy groups -OCH3 is 1. The van der Waals surface area contributed by atoms with E-state index >= 15 is 0 Å². The molecule has 0 saturated carbocycles. The maximum atomic E-state index is 9.84. The second kappa shape index (κ2) is 8.04. The van der Waals surface area contributed by atoms with Gasteiger partial charge in [0.1, 0.15) is 11.4 Å². The van der Waals surface area contributed by atoms with Gasteiger partial charge in [-0.25, -0.2) is 0 Å². The third-order valence-corrected chi connectivity index (χ3v) is 5.14. The van der Waals surface area contributed by atoms with Gasteiger partial charge < -0.3 is 24.8 Å². The van der Waals surface area contributed by atoms with E-state index in [1.54, 1.807) is 7.11 Å². The van der Waals surface area contributed by atoms with Crippen LogP contribution in [0.2, 0.25) is 0 Å². The molecule has 140 valence electrons. The van der Waals surface area contributed by atoms with Crippen LogP contribution in [0.5, 0.6) is 5.75 Å². The monoisotopic (exact) mass is 348 g/mol. The molecule has 0 amide bonds. The number of aliphatic hydroxyl groups is 1. The minimum Gasteiger partial charge on any atom is -0.487 e. The quantitative estimate of drug-likeness (QED) is 0.789. The number of likely N-dealkylation sites (tertiary alicyclic amines) is 1. The second-order valence-electron chi connectivity index (χ2n) is 8.05. The van der Waals surface area contributed by atoms with Crippen molar-refractivity contribution in [1.29, 1.82) is 0 Å². The van der Waals surface area contributed by atoms with Crippen LogP contribution in [0.3, 0.4) is 0 Å². The molecule has 2 aliphatic rings. The standard InChI is InChI=1S/C20H32N2O3/c1-20(2)11-16-10-15(4-5-19(16)25-20)12-21-17-6-8-22(9-7-17)13-18(23)14-24-3/h4-5,10,17-18,21,23H,6-9,11-14H2,1-3H3. The van der Waals surface area contributed by atoms with Gasteiger partial charge in [0.2, 0.25) is 0 Å². The normalized spacial score (nSPS) is 21.8. The summed E-state index contributed by atoms with van der Waals surface area (Å²) >= 11 is 0. The van der Waals surface area contributed by atoms with Crippen LogP contribution in [-0.4, -0.2) is 61.1 Å². The lowest BCUT2D eigenvalue weighted by Gasteiger charge is -2.33. The van der Waals surface area contributed by atoms with Crippen LogP contribution < -0.4 is 10.1 Å². The van der Waals surface area contributed by atoms with Gasteiger partial charge in [-0.1, -0.05) is 12.1 Å². The number of hydrogen-bond acceptors (Lipinski definition) is 5. The highest BCUT2D eigenvalue weighted by molar-refractivity contribution is 5.41. The third-order valence-electron chi connectivity index (χ3n) is 5.14. The average Bonchev–Trinajstić information content (AvgIpc) is 2.87. The van der Waals surface area contributed by atoms with E-state index in [1.807, 2.05) is 0 Å². The molecule has 0 radical (unpaired) electrons. The van der Waals surface area contributed by atoms with Crippen molar-refractivity contribution in [2.75, 3.05) is 33.4 Å². The number of rotatable bonds is 7. The van der Waals surface area contributed by atoms with Gasteiger partial charge >= 0.3 is 0 Å². The molecule has 1 aromatic carbocycles. The van der Waals surface area contributed by atoms with Crippen molar-refractivity contribution in [3.63, 3.8) is 0 Å². The molecule has 0 aromatic heterocycles. The van der Waals surface area contributed by atoms with Crippen LogP contribution in [0.15, 0.2) is 18.2 Å². The first kappa shape index (κ1) is 18.6. The third kappa shape index (κ3) is 5.17. The van der Waals surface area contributed by atoms with E-state index in [-0.39, 0.29) is 11.7 Å². The highest BCUT2D eigenvalue weighted by Crippen LogP contribution is 2.35. The maximum Gasteiger partial charge on any atom is 0.123 e. The zero-order valence-electron chi connectivity index (χ0n) is 15.8. The minimum absolute atomic E-state index is 0.0748. The number of ether oxygens (including phenoxy) is 2. The largest absolute Gasteiger partial charge is 0.487 e. The van der Waals surface area contributed by atoms with E-state index in [1.165, 1.54) is 11.1 Å². The number of benzene rings is 1. The Hall–Kier alpha value is -1.14. The van der Waals surface area contributed by atoms with E-state index in [4.69, 9.17) is 9.47 Å². The predicted octanol–water partition coefficient (Wildman–Crippen LogP) is 1.96. The lowest BCUT2D eigenvalue weighted by atomic mass is 10.00. The van der Waals surface area contributed by atoms with Gasteiger partial charge in [-0.15, -0.1) is 0 Å². The van der Waals surface area contributed by atoms with Gasteiger partial charge in [-0.2, -0.15) is 0 Å². The summed E-state index contributed by atoms with van der Waals surface area (Å²) < 4.78 is 10.9. The maximum absolute atomic E-state index is 9.84. The highest BCUT2D eigenvalue weighted by atomic mass is 16.5. The molecule has 0 bridgehead atoms. The summed E-state index contributed by atoms with van der Waals surface area (Å²) in [6, 6.07) is 7.12. The van der Waals surface area contributed by atoms with Crippen molar-refractivity contribution in [1.82, 2.24) is 10.2 Å². The summed E-state index contributed by atoms with van der Waals surface area (Å²) in [6.45, 7) is 8.38. The van der Waals surface area contributed by atoms with Crippen LogP contribution in [0.1, 0.15) is 37.8 Å². The minimum atomic E-state index is -0.382. The fourth-order valence-electron chi connectivity index (χ4n) is 3.90. The van der Waals surface area contributed by atoms with E-state index in [0.29, 0.717) is 19.2 Å². The molecule has 1 saturated heterocycles. The molecule has 2 heterocycles. The van der Waals surface area contributed by atoms with Crippen molar-refractivity contribution >= 4 is 0 Å². The molecule has 5 nitrogen and oxygen atoms in total. The van der Waals surface area contributed by atoms with Gasteiger partial charge in [-0.05, 0) is 57.0 Å². The summed E-state index contributed by atoms with van der Waals surface area (Å²) in [4.78, 5) is 2.33. The first-order valence-electron chi connectivity index (χ1n) is 9.39. The second-order valence-corrected chi connectivity index (χ2v) is 8.05. The summed E-state index contributed by atoms with van der Waals surface area (Å²) in [5.41, 5.74) is 2.58. The molecule has 1 fully saturated rings. The van der Waals surface area contributed by atoms with Gasteiger partial charge in [0.25, 0.3) is 0 Å². The van der Waals surface area contributed by atoms with Crippen molar-refractivity contribution in [2.24, 2.45) is 0 Å². The Morgan fingerprint density at radius 1 is 1.36 bits per heavy atom. The predicted molar refractivity (Wildman–Crippen MR) is 99.0 cm³/mol. The number of piperidine rings is 1. The van der Waals surface area contributed by atoms with E-state index in [9.17, 15) is 5.11 Å². The Morgan fingerprint density at radius 3 is 2.84 bits per heavy atom. The molecule has 2 aliphatic heterocycles. The molecule has 1 aromatic rings. The van der Waals surface area contributed by atoms with Gasteiger partial charge in [0, 0.05) is 32.7 Å². The van der Waals surface area contributed by atoms with Crippen LogP contribution >= 0.6 is 0 Å². The topological polar surface area (TPSA) is 54.0 Å². The number of hydrogen-bond donors (Lipinski definition) is 2. The number of nitrogens with one attached hydrogen (secondary N) is 1. The van der Waals surface area contributed by atoms with Crippen molar-refractivity contribution in [2.45, 2.75) is 57.4 Å². The van der Waals surface area contributed by atoms with Crippen LogP contribution in [0.25, 0.3) is 0 Å². The average molecular weight is 348 g/mol. The summed E-state index contributed by atoms with van der Waals surface area (Å²) in [7, 11) is 1.63. The van der Waals surface area contributed by atoms with Crippen molar-refractivity contribution < 1.29 is 14.6 Å². The van der Waals surface area contributed by atoms with Gasteiger partial charge in [0.05, 0.1) is 12.7 Å². The fraction of sp³-hybridized carbons (Fsp3) is 0.700. The number of nitrogens with zero attached hydrogens (tertiary/aromatic N) is 1. The van der Waals surface area contributed by atoms with E-state index in [2.05, 4.69) is 42.3 Å². The van der Waals surface area contributed by atoms with Gasteiger partial charge in [0.15, 0.2) is 0 Å². The molecular weight excluding hydrogens is 316 g/mol. The molecule has 5 heteroatoms. The highest BCUT2D eigenvalue weighted by Gasteiger charge is 2.30. The van der Waals surface area contributed by atoms with Crippen molar-refractivity contribution in [3.8, 4) is 5.75 Å². The molecular formula is C20H32N2O3. The number of aliphatic hydroxyl groups excluding tert-OH is 1. The van der Waals surface area contributed by atoms with Crippen LogP contribution in [0, 0.1) is 0 Å². The summed E-state index contributed by atoms with van der Waals surface area (Å²) in [5.74, 6) is 1.04. The molecule has 0 aliphatic carbocycles. The molecule has 0 spiro atoms.